The van der Waals surface area contributed by atoms with Crippen LogP contribution in [0.5, 0.6) is 5.75 Å². The van der Waals surface area contributed by atoms with E-state index in [0.717, 1.165) is 22.5 Å². The highest BCUT2D eigenvalue weighted by Gasteiger charge is 2.22. The van der Waals surface area contributed by atoms with E-state index in [2.05, 4.69) is 29.3 Å². The number of hydrogen-bond acceptors (Lipinski definition) is 5. The number of aromatic nitrogens is 3. The van der Waals surface area contributed by atoms with Gasteiger partial charge in [-0.2, -0.15) is 0 Å². The molecule has 23 heavy (non-hydrogen) atoms. The largest absolute Gasteiger partial charge is 0.493 e. The van der Waals surface area contributed by atoms with Crippen molar-refractivity contribution < 1.29 is 4.74 Å². The molecule has 1 aromatic carbocycles. The van der Waals surface area contributed by atoms with Crippen molar-refractivity contribution in [2.24, 2.45) is 0 Å². The Morgan fingerprint density at radius 3 is 2.65 bits per heavy atom. The predicted molar refractivity (Wildman–Crippen MR) is 93.4 cm³/mol. The van der Waals surface area contributed by atoms with Gasteiger partial charge < -0.3 is 10.6 Å². The van der Waals surface area contributed by atoms with Crippen molar-refractivity contribution in [3.63, 3.8) is 0 Å². The van der Waals surface area contributed by atoms with Crippen LogP contribution in [0, 0.1) is 6.92 Å². The van der Waals surface area contributed by atoms with E-state index in [-0.39, 0.29) is 0 Å². The van der Waals surface area contributed by atoms with Gasteiger partial charge in [0.25, 0.3) is 0 Å². The quantitative estimate of drug-likeness (QED) is 0.498. The lowest BCUT2D eigenvalue weighted by molar-refractivity contribution is 0.344. The average Bonchev–Trinajstić information content (AvgIpc) is 2.95. The van der Waals surface area contributed by atoms with Crippen molar-refractivity contribution in [1.82, 2.24) is 14.9 Å². The summed E-state index contributed by atoms with van der Waals surface area (Å²) in [7, 11) is 0. The standard InChI is InChI=1S/C17H24N4OS/c1-13-7-9-15(10-8-13)22-11-12-23-17-20-19-16(21(17)18)14-5-3-2-4-6-14/h7-10,14H,2-6,11-12,18H2,1H3. The van der Waals surface area contributed by atoms with E-state index in [1.165, 1.54) is 37.7 Å². The summed E-state index contributed by atoms with van der Waals surface area (Å²) in [6.07, 6.45) is 6.22. The lowest BCUT2D eigenvalue weighted by atomic mass is 9.89. The molecule has 0 atom stereocenters. The van der Waals surface area contributed by atoms with Crippen molar-refractivity contribution in [3.05, 3.63) is 35.7 Å². The zero-order chi connectivity index (χ0) is 16.1. The molecule has 1 aliphatic rings. The summed E-state index contributed by atoms with van der Waals surface area (Å²) < 4.78 is 7.40. The van der Waals surface area contributed by atoms with Crippen LogP contribution in [0.3, 0.4) is 0 Å². The monoisotopic (exact) mass is 332 g/mol. The number of benzene rings is 1. The lowest BCUT2D eigenvalue weighted by Crippen LogP contribution is -2.18. The van der Waals surface area contributed by atoms with Gasteiger partial charge in [-0.25, -0.2) is 4.68 Å². The molecular weight excluding hydrogens is 308 g/mol. The van der Waals surface area contributed by atoms with E-state index in [1.807, 2.05) is 12.1 Å². The van der Waals surface area contributed by atoms with E-state index in [0.29, 0.717) is 12.5 Å². The number of nitrogen functional groups attached to an aromatic ring is 1. The highest BCUT2D eigenvalue weighted by Crippen LogP contribution is 2.32. The first-order valence-corrected chi connectivity index (χ1v) is 9.25. The number of nitrogens with two attached hydrogens (primary N) is 1. The fraction of sp³-hybridized carbons (Fsp3) is 0.529. The normalized spacial score (nSPS) is 15.7. The first-order valence-electron chi connectivity index (χ1n) is 8.26. The molecule has 3 rings (SSSR count). The van der Waals surface area contributed by atoms with E-state index in [9.17, 15) is 0 Å². The molecular formula is C17H24N4OS. The van der Waals surface area contributed by atoms with Crippen molar-refractivity contribution in [1.29, 1.82) is 0 Å². The minimum absolute atomic E-state index is 0.472. The Morgan fingerprint density at radius 1 is 1.17 bits per heavy atom. The average molecular weight is 332 g/mol. The molecule has 1 heterocycles. The molecule has 1 aromatic heterocycles. The number of rotatable bonds is 6. The molecule has 124 valence electrons. The first kappa shape index (κ1) is 16.2. The van der Waals surface area contributed by atoms with Crippen LogP contribution in [0.2, 0.25) is 0 Å². The molecule has 1 saturated carbocycles. The second kappa shape index (κ2) is 7.73. The molecule has 2 aromatic rings. The maximum Gasteiger partial charge on any atom is 0.209 e. The third-order valence-electron chi connectivity index (χ3n) is 4.27. The zero-order valence-electron chi connectivity index (χ0n) is 13.6. The number of ether oxygens (including phenoxy) is 1. The number of nitrogens with zero attached hydrogens (tertiary/aromatic N) is 3. The zero-order valence-corrected chi connectivity index (χ0v) is 14.4. The van der Waals surface area contributed by atoms with Gasteiger partial charge in [0.15, 0.2) is 5.82 Å². The lowest BCUT2D eigenvalue weighted by Gasteiger charge is -2.20. The Labute approximate surface area is 141 Å². The van der Waals surface area contributed by atoms with Crippen LogP contribution in [0.25, 0.3) is 0 Å². The van der Waals surface area contributed by atoms with E-state index < -0.39 is 0 Å². The molecule has 1 aliphatic carbocycles. The molecule has 6 heteroatoms. The Bertz CT molecular complexity index is 620. The second-order valence-electron chi connectivity index (χ2n) is 6.06. The smallest absolute Gasteiger partial charge is 0.209 e. The highest BCUT2D eigenvalue weighted by molar-refractivity contribution is 7.99. The minimum atomic E-state index is 0.472. The molecule has 2 N–H and O–H groups in total. The third-order valence-corrected chi connectivity index (χ3v) is 5.17. The molecule has 0 aliphatic heterocycles. The molecule has 0 spiro atoms. The maximum absolute atomic E-state index is 6.17. The summed E-state index contributed by atoms with van der Waals surface area (Å²) in [5, 5.41) is 9.33. The van der Waals surface area contributed by atoms with Crippen LogP contribution in [0.1, 0.15) is 49.4 Å². The highest BCUT2D eigenvalue weighted by atomic mass is 32.2. The molecule has 1 fully saturated rings. The molecule has 0 bridgehead atoms. The Balaban J connectivity index is 1.48. The molecule has 0 radical (unpaired) electrons. The third kappa shape index (κ3) is 4.19. The van der Waals surface area contributed by atoms with Crippen LogP contribution in [-0.4, -0.2) is 27.2 Å². The summed E-state index contributed by atoms with van der Waals surface area (Å²) in [5.74, 6) is 9.28. The second-order valence-corrected chi connectivity index (χ2v) is 7.12. The van der Waals surface area contributed by atoms with Gasteiger partial charge >= 0.3 is 0 Å². The van der Waals surface area contributed by atoms with Crippen molar-refractivity contribution in [2.75, 3.05) is 18.2 Å². The Hall–Kier alpha value is -1.69. The Morgan fingerprint density at radius 2 is 1.91 bits per heavy atom. The van der Waals surface area contributed by atoms with E-state index >= 15 is 0 Å². The van der Waals surface area contributed by atoms with Crippen LogP contribution >= 0.6 is 11.8 Å². The van der Waals surface area contributed by atoms with Crippen molar-refractivity contribution in [3.8, 4) is 5.75 Å². The van der Waals surface area contributed by atoms with Crippen LogP contribution in [-0.2, 0) is 0 Å². The van der Waals surface area contributed by atoms with Gasteiger partial charge in [-0.1, -0.05) is 48.7 Å². The minimum Gasteiger partial charge on any atom is -0.493 e. The molecule has 5 nitrogen and oxygen atoms in total. The SMILES string of the molecule is Cc1ccc(OCCSc2nnc(C3CCCCC3)n2N)cc1. The van der Waals surface area contributed by atoms with E-state index in [1.54, 1.807) is 16.4 Å². The van der Waals surface area contributed by atoms with Crippen LogP contribution < -0.4 is 10.6 Å². The predicted octanol–water partition coefficient (Wildman–Crippen LogP) is 3.52. The van der Waals surface area contributed by atoms with Gasteiger partial charge in [0.05, 0.1) is 6.61 Å². The van der Waals surface area contributed by atoms with E-state index in [4.69, 9.17) is 10.6 Å². The van der Waals surface area contributed by atoms with Crippen LogP contribution in [0.4, 0.5) is 0 Å². The molecule has 0 saturated heterocycles. The van der Waals surface area contributed by atoms with Gasteiger partial charge in [0.2, 0.25) is 5.16 Å². The maximum atomic E-state index is 6.17. The van der Waals surface area contributed by atoms with Crippen molar-refractivity contribution >= 4 is 11.8 Å². The summed E-state index contributed by atoms with van der Waals surface area (Å²) in [5.41, 5.74) is 1.23. The van der Waals surface area contributed by atoms with Gasteiger partial charge in [0.1, 0.15) is 5.75 Å². The topological polar surface area (TPSA) is 66.0 Å². The summed E-state index contributed by atoms with van der Waals surface area (Å²) in [6.45, 7) is 2.69. The summed E-state index contributed by atoms with van der Waals surface area (Å²) in [6, 6.07) is 8.09. The first-order chi connectivity index (χ1) is 11.2. The summed E-state index contributed by atoms with van der Waals surface area (Å²) in [4.78, 5) is 0. The van der Waals surface area contributed by atoms with Gasteiger partial charge in [-0.05, 0) is 31.9 Å². The fourth-order valence-electron chi connectivity index (χ4n) is 2.95. The summed E-state index contributed by atoms with van der Waals surface area (Å²) >= 11 is 1.59. The van der Waals surface area contributed by atoms with Gasteiger partial charge in [0, 0.05) is 11.7 Å². The van der Waals surface area contributed by atoms with Crippen molar-refractivity contribution in [2.45, 2.75) is 50.1 Å². The van der Waals surface area contributed by atoms with Gasteiger partial charge in [-0.3, -0.25) is 0 Å². The van der Waals surface area contributed by atoms with Gasteiger partial charge in [-0.15, -0.1) is 10.2 Å². The van der Waals surface area contributed by atoms with Crippen LogP contribution in [0.15, 0.2) is 29.4 Å². The molecule has 0 amide bonds. The fourth-order valence-corrected chi connectivity index (χ4v) is 3.63. The number of hydrogen-bond donors (Lipinski definition) is 1. The molecule has 0 unspecified atom stereocenters. The Kier molecular flexibility index (Phi) is 5.43. The number of aryl methyl sites for hydroxylation is 1. The number of thioether (sulfide) groups is 1.